The van der Waals surface area contributed by atoms with Crippen molar-refractivity contribution in [1.29, 1.82) is 0 Å². The predicted octanol–water partition coefficient (Wildman–Crippen LogP) is 4.02. The zero-order valence-corrected chi connectivity index (χ0v) is 17.6. The number of halogens is 2. The lowest BCUT2D eigenvalue weighted by molar-refractivity contribution is -0.152. The Hall–Kier alpha value is -1.46. The summed E-state index contributed by atoms with van der Waals surface area (Å²) >= 11 is 11.5. The minimum atomic E-state index is -0.772. The third-order valence-corrected chi connectivity index (χ3v) is 6.28. The Labute approximate surface area is 176 Å². The van der Waals surface area contributed by atoms with Crippen molar-refractivity contribution in [3.05, 3.63) is 29.3 Å². The largest absolute Gasteiger partial charge is 0.477 e. The highest BCUT2D eigenvalue weighted by molar-refractivity contribution is 6.30. The Morgan fingerprint density at radius 1 is 1.11 bits per heavy atom. The molecule has 1 aliphatic carbocycles. The van der Waals surface area contributed by atoms with Crippen LogP contribution in [0.3, 0.4) is 0 Å². The van der Waals surface area contributed by atoms with E-state index >= 15 is 0 Å². The smallest absolute Gasteiger partial charge is 0.266 e. The SMILES string of the molecule is O=C(CCl)NCC1CCN(C(=O)C2(Oc3ccc(Cl)cc3)CCCCC2)CC1. The Morgan fingerprint density at radius 3 is 2.36 bits per heavy atom. The van der Waals surface area contributed by atoms with Gasteiger partial charge >= 0.3 is 0 Å². The fourth-order valence-electron chi connectivity index (χ4n) is 4.14. The van der Waals surface area contributed by atoms with Crippen molar-refractivity contribution in [3.8, 4) is 5.75 Å². The number of likely N-dealkylation sites (tertiary alicyclic amines) is 1. The van der Waals surface area contributed by atoms with E-state index < -0.39 is 5.60 Å². The van der Waals surface area contributed by atoms with E-state index in [2.05, 4.69) is 5.32 Å². The molecule has 1 saturated heterocycles. The summed E-state index contributed by atoms with van der Waals surface area (Å²) in [5, 5.41) is 3.50. The summed E-state index contributed by atoms with van der Waals surface area (Å²) in [6.07, 6.45) is 6.40. The number of amides is 2. The van der Waals surface area contributed by atoms with Crippen LogP contribution in [0.4, 0.5) is 0 Å². The summed E-state index contributed by atoms with van der Waals surface area (Å²) in [6, 6.07) is 7.24. The molecule has 0 bridgehead atoms. The van der Waals surface area contributed by atoms with Gasteiger partial charge in [0, 0.05) is 24.7 Å². The highest BCUT2D eigenvalue weighted by Crippen LogP contribution is 2.36. The van der Waals surface area contributed by atoms with Gasteiger partial charge in [-0.05, 0) is 68.7 Å². The van der Waals surface area contributed by atoms with E-state index in [1.807, 2.05) is 17.0 Å². The molecule has 1 aromatic rings. The molecule has 0 radical (unpaired) electrons. The molecule has 3 rings (SSSR count). The van der Waals surface area contributed by atoms with E-state index in [4.69, 9.17) is 27.9 Å². The number of rotatable bonds is 6. The number of ether oxygens (including phenoxy) is 1. The Balaban J connectivity index is 1.62. The lowest BCUT2D eigenvalue weighted by Crippen LogP contribution is -2.56. The van der Waals surface area contributed by atoms with Gasteiger partial charge in [0.2, 0.25) is 5.91 Å². The molecule has 0 unspecified atom stereocenters. The van der Waals surface area contributed by atoms with Crippen LogP contribution in [0, 0.1) is 5.92 Å². The minimum absolute atomic E-state index is 0.0120. The number of hydrogen-bond donors (Lipinski definition) is 1. The second-order valence-electron chi connectivity index (χ2n) is 7.78. The molecule has 0 aromatic heterocycles. The van der Waals surface area contributed by atoms with Gasteiger partial charge in [0.1, 0.15) is 11.6 Å². The highest BCUT2D eigenvalue weighted by atomic mass is 35.5. The number of nitrogens with zero attached hydrogens (tertiary/aromatic N) is 1. The average Bonchev–Trinajstić information content (AvgIpc) is 2.74. The Morgan fingerprint density at radius 2 is 1.75 bits per heavy atom. The molecule has 2 fully saturated rings. The van der Waals surface area contributed by atoms with Crippen molar-refractivity contribution < 1.29 is 14.3 Å². The highest BCUT2D eigenvalue weighted by Gasteiger charge is 2.45. The van der Waals surface area contributed by atoms with Crippen LogP contribution in [0.15, 0.2) is 24.3 Å². The van der Waals surface area contributed by atoms with Crippen LogP contribution >= 0.6 is 23.2 Å². The first-order valence-corrected chi connectivity index (χ1v) is 11.0. The maximum absolute atomic E-state index is 13.5. The molecule has 5 nitrogen and oxygen atoms in total. The number of carbonyl (C=O) groups excluding carboxylic acids is 2. The second-order valence-corrected chi connectivity index (χ2v) is 8.49. The first kappa shape index (κ1) is 21.3. The predicted molar refractivity (Wildman–Crippen MR) is 111 cm³/mol. The van der Waals surface area contributed by atoms with Gasteiger partial charge in [0.25, 0.3) is 5.91 Å². The van der Waals surface area contributed by atoms with E-state index in [0.29, 0.717) is 36.3 Å². The molecule has 1 saturated carbocycles. The van der Waals surface area contributed by atoms with Gasteiger partial charge in [-0.15, -0.1) is 11.6 Å². The van der Waals surface area contributed by atoms with Crippen LogP contribution in [-0.2, 0) is 9.59 Å². The molecule has 1 aliphatic heterocycles. The van der Waals surface area contributed by atoms with Crippen LogP contribution in [0.5, 0.6) is 5.75 Å². The maximum atomic E-state index is 13.5. The summed E-state index contributed by atoms with van der Waals surface area (Å²) in [6.45, 7) is 2.03. The van der Waals surface area contributed by atoms with Gasteiger partial charge < -0.3 is 15.0 Å². The summed E-state index contributed by atoms with van der Waals surface area (Å²) < 4.78 is 6.31. The first-order valence-electron chi connectivity index (χ1n) is 10.1. The van der Waals surface area contributed by atoms with Crippen LogP contribution in [0.25, 0.3) is 0 Å². The van der Waals surface area contributed by atoms with Crippen molar-refractivity contribution in [3.63, 3.8) is 0 Å². The van der Waals surface area contributed by atoms with E-state index in [0.717, 1.165) is 44.9 Å². The molecule has 0 spiro atoms. The quantitative estimate of drug-likeness (QED) is 0.698. The summed E-state index contributed by atoms with van der Waals surface area (Å²) in [5.74, 6) is 1.03. The van der Waals surface area contributed by atoms with Crippen molar-refractivity contribution >= 4 is 35.0 Å². The summed E-state index contributed by atoms with van der Waals surface area (Å²) in [4.78, 5) is 26.7. The number of hydrogen-bond acceptors (Lipinski definition) is 3. The zero-order chi connectivity index (χ0) is 20.0. The van der Waals surface area contributed by atoms with E-state index in [-0.39, 0.29) is 17.7 Å². The molecular weight excluding hydrogens is 399 g/mol. The van der Waals surface area contributed by atoms with Crippen LogP contribution < -0.4 is 10.1 Å². The lowest BCUT2D eigenvalue weighted by Gasteiger charge is -2.42. The topological polar surface area (TPSA) is 58.6 Å². The fraction of sp³-hybridized carbons (Fsp3) is 0.619. The number of nitrogens with one attached hydrogen (secondary N) is 1. The fourth-order valence-corrected chi connectivity index (χ4v) is 4.36. The molecule has 0 atom stereocenters. The van der Waals surface area contributed by atoms with E-state index in [9.17, 15) is 9.59 Å². The van der Waals surface area contributed by atoms with Gasteiger partial charge in [-0.1, -0.05) is 18.0 Å². The van der Waals surface area contributed by atoms with Gasteiger partial charge in [-0.2, -0.15) is 0 Å². The second kappa shape index (κ2) is 9.84. The molecule has 1 aromatic carbocycles. The molecular formula is C21H28Cl2N2O3. The first-order chi connectivity index (χ1) is 13.5. The van der Waals surface area contributed by atoms with Gasteiger partial charge in [0.05, 0.1) is 0 Å². The van der Waals surface area contributed by atoms with Crippen molar-refractivity contribution in [2.75, 3.05) is 25.5 Å². The van der Waals surface area contributed by atoms with Crippen molar-refractivity contribution in [1.82, 2.24) is 10.2 Å². The monoisotopic (exact) mass is 426 g/mol. The van der Waals surface area contributed by atoms with Crippen molar-refractivity contribution in [2.45, 2.75) is 50.5 Å². The lowest BCUT2D eigenvalue weighted by atomic mass is 9.82. The molecule has 2 aliphatic rings. The average molecular weight is 427 g/mol. The Bertz CT molecular complexity index is 667. The number of piperidine rings is 1. The standard InChI is InChI=1S/C21H28Cl2N2O3/c22-14-19(26)24-15-16-8-12-25(13-9-16)20(27)21(10-2-1-3-11-21)28-18-6-4-17(23)5-7-18/h4-7,16H,1-3,8-15H2,(H,24,26). The molecule has 1 N–H and O–H groups in total. The zero-order valence-electron chi connectivity index (χ0n) is 16.1. The van der Waals surface area contributed by atoms with E-state index in [1.165, 1.54) is 0 Å². The van der Waals surface area contributed by atoms with Gasteiger partial charge in [-0.3, -0.25) is 9.59 Å². The molecule has 154 valence electrons. The minimum Gasteiger partial charge on any atom is -0.477 e. The third-order valence-electron chi connectivity index (χ3n) is 5.79. The molecule has 1 heterocycles. The Kier molecular flexibility index (Phi) is 7.47. The summed E-state index contributed by atoms with van der Waals surface area (Å²) in [5.41, 5.74) is -0.772. The van der Waals surface area contributed by atoms with Crippen LogP contribution in [0.1, 0.15) is 44.9 Å². The van der Waals surface area contributed by atoms with Gasteiger partial charge in [-0.25, -0.2) is 0 Å². The number of carbonyl (C=O) groups is 2. The van der Waals surface area contributed by atoms with Crippen molar-refractivity contribution in [2.24, 2.45) is 5.92 Å². The number of alkyl halides is 1. The number of benzene rings is 1. The van der Waals surface area contributed by atoms with Gasteiger partial charge in [0.15, 0.2) is 5.60 Å². The molecule has 2 amide bonds. The summed E-state index contributed by atoms with van der Waals surface area (Å²) in [7, 11) is 0. The molecule has 7 heteroatoms. The maximum Gasteiger partial charge on any atom is 0.266 e. The third kappa shape index (κ3) is 5.32. The van der Waals surface area contributed by atoms with E-state index in [1.54, 1.807) is 12.1 Å². The molecule has 28 heavy (non-hydrogen) atoms. The normalized spacial score (nSPS) is 19.9. The van der Waals surface area contributed by atoms with Crippen LogP contribution in [-0.4, -0.2) is 47.8 Å². The van der Waals surface area contributed by atoms with Crippen LogP contribution in [0.2, 0.25) is 5.02 Å².